The minimum atomic E-state index is -1.16. The van der Waals surface area contributed by atoms with Gasteiger partial charge in [-0.3, -0.25) is 4.90 Å². The van der Waals surface area contributed by atoms with E-state index in [4.69, 9.17) is 14.2 Å². The molecule has 0 spiro atoms. The fraction of sp³-hybridized carbons (Fsp3) is 0.857. The number of hydrogen-bond acceptors (Lipinski definition) is 5. The lowest BCUT2D eigenvalue weighted by Gasteiger charge is -2.36. The molecule has 6 nitrogen and oxygen atoms in total. The van der Waals surface area contributed by atoms with Crippen molar-refractivity contribution in [2.45, 2.75) is 58.9 Å². The molecule has 2 atom stereocenters. The lowest BCUT2D eigenvalue weighted by atomic mass is 10.0. The fourth-order valence-corrected chi connectivity index (χ4v) is 2.16. The second kappa shape index (κ2) is 5.60. The monoisotopic (exact) mass is 287 g/mol. The number of carbonyl (C=O) groups excluding carboxylic acids is 2. The van der Waals surface area contributed by atoms with Crippen LogP contribution in [0.25, 0.3) is 0 Å². The quantitative estimate of drug-likeness (QED) is 0.728. The first-order valence-electron chi connectivity index (χ1n) is 6.75. The maximum Gasteiger partial charge on any atom is 0.413 e. The number of amides is 1. The lowest BCUT2D eigenvalue weighted by Crippen LogP contribution is -2.57. The molecule has 1 saturated heterocycles. The lowest BCUT2D eigenvalue weighted by molar-refractivity contribution is -0.152. The first-order valence-corrected chi connectivity index (χ1v) is 6.75. The number of nitrogens with zero attached hydrogens (tertiary/aromatic N) is 1. The molecule has 20 heavy (non-hydrogen) atoms. The van der Waals surface area contributed by atoms with Crippen molar-refractivity contribution in [2.24, 2.45) is 5.92 Å². The van der Waals surface area contributed by atoms with Crippen LogP contribution in [0.1, 0.15) is 41.5 Å². The zero-order valence-electron chi connectivity index (χ0n) is 13.4. The molecular formula is C14H25NO5. The molecule has 0 aromatic heterocycles. The summed E-state index contributed by atoms with van der Waals surface area (Å²) < 4.78 is 15.8. The number of carbonyl (C=O) groups is 2. The number of esters is 1. The van der Waals surface area contributed by atoms with Crippen LogP contribution in [-0.4, -0.2) is 48.0 Å². The van der Waals surface area contributed by atoms with E-state index in [2.05, 4.69) is 0 Å². The summed E-state index contributed by atoms with van der Waals surface area (Å²) in [6, 6.07) is 0. The Morgan fingerprint density at radius 2 is 1.90 bits per heavy atom. The van der Waals surface area contributed by atoms with E-state index in [1.807, 2.05) is 13.8 Å². The molecule has 0 aliphatic carbocycles. The van der Waals surface area contributed by atoms with Crippen LogP contribution in [0.5, 0.6) is 0 Å². The Labute approximate surface area is 120 Å². The van der Waals surface area contributed by atoms with E-state index >= 15 is 0 Å². The Morgan fingerprint density at radius 3 is 2.30 bits per heavy atom. The van der Waals surface area contributed by atoms with Crippen LogP contribution in [0.15, 0.2) is 0 Å². The summed E-state index contributed by atoms with van der Waals surface area (Å²) in [4.78, 5) is 25.8. The van der Waals surface area contributed by atoms with Gasteiger partial charge in [0.05, 0.1) is 13.7 Å². The second-order valence-corrected chi connectivity index (χ2v) is 6.56. The normalized spacial score (nSPS) is 26.8. The smallest absolute Gasteiger partial charge is 0.413 e. The molecule has 0 aromatic carbocycles. The molecule has 1 heterocycles. The summed E-state index contributed by atoms with van der Waals surface area (Å²) in [7, 11) is 1.30. The van der Waals surface area contributed by atoms with Gasteiger partial charge in [-0.25, -0.2) is 9.59 Å². The molecule has 6 heteroatoms. The van der Waals surface area contributed by atoms with Gasteiger partial charge in [0, 0.05) is 0 Å². The first kappa shape index (κ1) is 16.8. The van der Waals surface area contributed by atoms with Gasteiger partial charge in [-0.05, 0) is 33.6 Å². The summed E-state index contributed by atoms with van der Waals surface area (Å²) in [5.41, 5.74) is -1.80. The van der Waals surface area contributed by atoms with Crippen molar-refractivity contribution < 1.29 is 23.8 Å². The van der Waals surface area contributed by atoms with Crippen LogP contribution >= 0.6 is 0 Å². The summed E-state index contributed by atoms with van der Waals surface area (Å²) >= 11 is 0. The molecule has 1 amide bonds. The van der Waals surface area contributed by atoms with Crippen LogP contribution in [0, 0.1) is 5.92 Å². The van der Waals surface area contributed by atoms with E-state index in [0.717, 1.165) is 0 Å². The topological polar surface area (TPSA) is 65.1 Å². The van der Waals surface area contributed by atoms with Crippen molar-refractivity contribution in [1.82, 2.24) is 4.90 Å². The van der Waals surface area contributed by atoms with Crippen molar-refractivity contribution in [3.05, 3.63) is 0 Å². The molecule has 1 fully saturated rings. The fourth-order valence-electron chi connectivity index (χ4n) is 2.16. The van der Waals surface area contributed by atoms with E-state index in [0.29, 0.717) is 0 Å². The van der Waals surface area contributed by atoms with E-state index in [9.17, 15) is 9.59 Å². The van der Waals surface area contributed by atoms with Gasteiger partial charge >= 0.3 is 12.1 Å². The van der Waals surface area contributed by atoms with E-state index in [-0.39, 0.29) is 12.5 Å². The highest BCUT2D eigenvalue weighted by molar-refractivity contribution is 5.86. The highest BCUT2D eigenvalue weighted by atomic mass is 16.6. The Bertz CT molecular complexity index is 388. The van der Waals surface area contributed by atoms with Crippen LogP contribution < -0.4 is 0 Å². The Balaban J connectivity index is 3.09. The van der Waals surface area contributed by atoms with Gasteiger partial charge in [-0.2, -0.15) is 0 Å². The summed E-state index contributed by atoms with van der Waals surface area (Å²) in [5, 5.41) is 0. The SMILES string of the molecule is COC(=O)[C@]1(C)CO[C@H](C(C)C)N1C(=O)OC(C)(C)C. The van der Waals surface area contributed by atoms with Gasteiger partial charge in [-0.1, -0.05) is 13.8 Å². The second-order valence-electron chi connectivity index (χ2n) is 6.56. The average Bonchev–Trinajstić information content (AvgIpc) is 2.65. The molecule has 0 saturated carbocycles. The molecule has 0 bridgehead atoms. The van der Waals surface area contributed by atoms with E-state index < -0.39 is 29.4 Å². The van der Waals surface area contributed by atoms with Gasteiger partial charge < -0.3 is 14.2 Å². The Morgan fingerprint density at radius 1 is 1.35 bits per heavy atom. The summed E-state index contributed by atoms with van der Waals surface area (Å²) in [6.45, 7) is 10.9. The standard InChI is InChI=1S/C14H25NO5/c1-9(2)10-15(12(17)20-13(3,4)5)14(6,8-19-10)11(16)18-7/h9-10H,8H2,1-7H3/t10-,14+/m1/s1. The van der Waals surface area contributed by atoms with Crippen LogP contribution in [-0.2, 0) is 19.0 Å². The van der Waals surface area contributed by atoms with Gasteiger partial charge in [-0.15, -0.1) is 0 Å². The van der Waals surface area contributed by atoms with Crippen molar-refractivity contribution in [2.75, 3.05) is 13.7 Å². The van der Waals surface area contributed by atoms with Crippen LogP contribution in [0.4, 0.5) is 4.79 Å². The maximum atomic E-state index is 12.4. The Kier molecular flexibility index (Phi) is 4.69. The minimum absolute atomic E-state index is 0.0361. The largest absolute Gasteiger partial charge is 0.467 e. The van der Waals surface area contributed by atoms with Gasteiger partial charge in [0.15, 0.2) is 5.54 Å². The van der Waals surface area contributed by atoms with Crippen molar-refractivity contribution in [1.29, 1.82) is 0 Å². The van der Waals surface area contributed by atoms with E-state index in [1.165, 1.54) is 12.0 Å². The third kappa shape index (κ3) is 3.23. The molecule has 1 rings (SSSR count). The molecule has 1 aliphatic heterocycles. The maximum absolute atomic E-state index is 12.4. The molecule has 116 valence electrons. The average molecular weight is 287 g/mol. The molecule has 0 N–H and O–H groups in total. The predicted molar refractivity (Wildman–Crippen MR) is 73.1 cm³/mol. The van der Waals surface area contributed by atoms with Gasteiger partial charge in [0.2, 0.25) is 0 Å². The zero-order valence-corrected chi connectivity index (χ0v) is 13.4. The predicted octanol–water partition coefficient (Wildman–Crippen LogP) is 2.17. The number of ether oxygens (including phenoxy) is 3. The minimum Gasteiger partial charge on any atom is -0.467 e. The first-order chi connectivity index (χ1) is 9.03. The number of methoxy groups -OCH3 is 1. The molecule has 1 aliphatic rings. The molecule has 0 aromatic rings. The zero-order chi connectivity index (χ0) is 15.7. The van der Waals surface area contributed by atoms with Crippen LogP contribution in [0.3, 0.4) is 0 Å². The van der Waals surface area contributed by atoms with E-state index in [1.54, 1.807) is 27.7 Å². The van der Waals surface area contributed by atoms with Crippen molar-refractivity contribution in [3.8, 4) is 0 Å². The highest BCUT2D eigenvalue weighted by Gasteiger charge is 2.54. The summed E-state index contributed by atoms with van der Waals surface area (Å²) in [5.74, 6) is -0.472. The van der Waals surface area contributed by atoms with Gasteiger partial charge in [0.1, 0.15) is 11.8 Å². The van der Waals surface area contributed by atoms with Crippen molar-refractivity contribution >= 4 is 12.1 Å². The third-order valence-electron chi connectivity index (χ3n) is 3.11. The number of hydrogen-bond donors (Lipinski definition) is 0. The van der Waals surface area contributed by atoms with Crippen LogP contribution in [0.2, 0.25) is 0 Å². The third-order valence-corrected chi connectivity index (χ3v) is 3.11. The Hall–Kier alpha value is -1.30. The van der Waals surface area contributed by atoms with Crippen molar-refractivity contribution in [3.63, 3.8) is 0 Å². The van der Waals surface area contributed by atoms with Gasteiger partial charge in [0.25, 0.3) is 0 Å². The molecular weight excluding hydrogens is 262 g/mol. The number of rotatable bonds is 2. The highest BCUT2D eigenvalue weighted by Crippen LogP contribution is 2.33. The molecule has 0 unspecified atom stereocenters. The molecule has 0 radical (unpaired) electrons. The summed E-state index contributed by atoms with van der Waals surface area (Å²) in [6.07, 6.45) is -1.07.